The van der Waals surface area contributed by atoms with Gasteiger partial charge in [-0.15, -0.1) is 0 Å². The average molecular weight is 304 g/mol. The highest BCUT2D eigenvalue weighted by atomic mass is 16.6. The Morgan fingerprint density at radius 1 is 0.714 bits per heavy atom. The van der Waals surface area contributed by atoms with Crippen LogP contribution in [0.4, 0.5) is 0 Å². The number of carbonyl (C=O) groups is 2. The summed E-state index contributed by atoms with van der Waals surface area (Å²) in [6, 6.07) is 0. The maximum atomic E-state index is 11.9. The van der Waals surface area contributed by atoms with Gasteiger partial charge in [-0.2, -0.15) is 0 Å². The minimum atomic E-state index is -1.28. The Labute approximate surface area is 127 Å². The molecular formula is C15H28O6. The molecule has 0 aromatic carbocycles. The van der Waals surface area contributed by atoms with Crippen LogP contribution in [-0.4, -0.2) is 52.6 Å². The molecule has 0 aliphatic rings. The van der Waals surface area contributed by atoms with Gasteiger partial charge in [0, 0.05) is 27.4 Å². The molecule has 6 nitrogen and oxygen atoms in total. The van der Waals surface area contributed by atoms with Crippen LogP contribution >= 0.6 is 0 Å². The van der Waals surface area contributed by atoms with E-state index in [0.717, 1.165) is 12.8 Å². The molecule has 0 aliphatic heterocycles. The lowest BCUT2D eigenvalue weighted by molar-refractivity contribution is -0.170. The Bertz CT molecular complexity index is 273. The first-order chi connectivity index (χ1) is 9.96. The van der Waals surface area contributed by atoms with Crippen LogP contribution in [-0.2, 0) is 28.5 Å². The quantitative estimate of drug-likeness (QED) is 0.312. The van der Waals surface area contributed by atoms with Gasteiger partial charge in [-0.05, 0) is 39.5 Å². The summed E-state index contributed by atoms with van der Waals surface area (Å²) in [6.07, 6.45) is 3.05. The molecule has 0 radical (unpaired) electrons. The Morgan fingerprint density at radius 3 is 1.38 bits per heavy atom. The van der Waals surface area contributed by atoms with Gasteiger partial charge in [0.1, 0.15) is 0 Å². The van der Waals surface area contributed by atoms with E-state index in [1.165, 1.54) is 13.8 Å². The van der Waals surface area contributed by atoms with E-state index in [2.05, 4.69) is 0 Å². The fraction of sp³-hybridized carbons (Fsp3) is 0.867. The van der Waals surface area contributed by atoms with Crippen molar-refractivity contribution in [2.24, 2.45) is 5.41 Å². The van der Waals surface area contributed by atoms with E-state index in [0.29, 0.717) is 26.1 Å². The van der Waals surface area contributed by atoms with Crippen molar-refractivity contribution in [3.05, 3.63) is 0 Å². The number of esters is 2. The molecule has 0 aliphatic carbocycles. The van der Waals surface area contributed by atoms with E-state index >= 15 is 0 Å². The Balaban J connectivity index is 3.95. The molecule has 21 heavy (non-hydrogen) atoms. The maximum Gasteiger partial charge on any atom is 0.322 e. The molecule has 0 N–H and O–H groups in total. The van der Waals surface area contributed by atoms with Crippen molar-refractivity contribution in [1.29, 1.82) is 0 Å². The van der Waals surface area contributed by atoms with Gasteiger partial charge in [-0.3, -0.25) is 9.59 Å². The van der Waals surface area contributed by atoms with E-state index in [-0.39, 0.29) is 13.2 Å². The average Bonchev–Trinajstić information content (AvgIpc) is 2.46. The fourth-order valence-corrected chi connectivity index (χ4v) is 1.47. The standard InChI is InChI=1S/C15H28O6/c1-15(2,13(16)20-11-7-5-9-18-3)14(17)21-12-8-6-10-19-4/h5-12H2,1-4H3. The van der Waals surface area contributed by atoms with Crippen molar-refractivity contribution in [2.45, 2.75) is 39.5 Å². The zero-order valence-electron chi connectivity index (χ0n) is 13.6. The van der Waals surface area contributed by atoms with Gasteiger partial charge in [-0.25, -0.2) is 0 Å². The van der Waals surface area contributed by atoms with Gasteiger partial charge in [-0.1, -0.05) is 0 Å². The number of ether oxygens (including phenoxy) is 4. The molecule has 0 saturated heterocycles. The number of carbonyl (C=O) groups excluding carboxylic acids is 2. The molecular weight excluding hydrogens is 276 g/mol. The lowest BCUT2D eigenvalue weighted by atomic mass is 9.94. The van der Waals surface area contributed by atoms with Gasteiger partial charge in [0.2, 0.25) is 0 Å². The van der Waals surface area contributed by atoms with Crippen molar-refractivity contribution in [1.82, 2.24) is 0 Å². The number of methoxy groups -OCH3 is 2. The van der Waals surface area contributed by atoms with E-state index in [4.69, 9.17) is 18.9 Å². The topological polar surface area (TPSA) is 71.1 Å². The molecule has 124 valence electrons. The zero-order valence-corrected chi connectivity index (χ0v) is 13.6. The van der Waals surface area contributed by atoms with Crippen LogP contribution in [0.25, 0.3) is 0 Å². The maximum absolute atomic E-state index is 11.9. The van der Waals surface area contributed by atoms with Gasteiger partial charge in [0.25, 0.3) is 0 Å². The van der Waals surface area contributed by atoms with Crippen molar-refractivity contribution >= 4 is 11.9 Å². The summed E-state index contributed by atoms with van der Waals surface area (Å²) in [5.41, 5.74) is -1.28. The highest BCUT2D eigenvalue weighted by molar-refractivity contribution is 5.99. The van der Waals surface area contributed by atoms with Crippen LogP contribution in [0, 0.1) is 5.41 Å². The predicted molar refractivity (Wildman–Crippen MR) is 77.9 cm³/mol. The number of hydrogen-bond donors (Lipinski definition) is 0. The molecule has 0 fully saturated rings. The molecule has 0 heterocycles. The Kier molecular flexibility index (Phi) is 10.9. The summed E-state index contributed by atoms with van der Waals surface area (Å²) in [6.45, 7) is 4.86. The number of unbranched alkanes of at least 4 members (excludes halogenated alkanes) is 2. The zero-order chi connectivity index (χ0) is 16.1. The summed E-state index contributed by atoms with van der Waals surface area (Å²) < 4.78 is 20.0. The first-order valence-corrected chi connectivity index (χ1v) is 7.29. The summed E-state index contributed by atoms with van der Waals surface area (Å²) in [5, 5.41) is 0. The van der Waals surface area contributed by atoms with Crippen LogP contribution in [0.15, 0.2) is 0 Å². The summed E-state index contributed by atoms with van der Waals surface area (Å²) in [4.78, 5) is 23.8. The molecule has 0 aromatic rings. The summed E-state index contributed by atoms with van der Waals surface area (Å²) in [7, 11) is 3.25. The Morgan fingerprint density at radius 2 is 1.05 bits per heavy atom. The van der Waals surface area contributed by atoms with Crippen molar-refractivity contribution in [3.63, 3.8) is 0 Å². The third kappa shape index (κ3) is 8.67. The third-order valence-electron chi connectivity index (χ3n) is 2.97. The van der Waals surface area contributed by atoms with Gasteiger partial charge in [0.05, 0.1) is 13.2 Å². The molecule has 0 saturated carbocycles. The number of hydrogen-bond acceptors (Lipinski definition) is 6. The molecule has 0 rings (SSSR count). The normalized spacial score (nSPS) is 11.2. The highest BCUT2D eigenvalue weighted by Gasteiger charge is 2.39. The number of rotatable bonds is 12. The van der Waals surface area contributed by atoms with Gasteiger partial charge >= 0.3 is 11.9 Å². The van der Waals surface area contributed by atoms with E-state index in [1.807, 2.05) is 0 Å². The second-order valence-corrected chi connectivity index (χ2v) is 5.30. The molecule has 0 bridgehead atoms. The van der Waals surface area contributed by atoms with Gasteiger partial charge < -0.3 is 18.9 Å². The molecule has 6 heteroatoms. The van der Waals surface area contributed by atoms with Crippen LogP contribution in [0.2, 0.25) is 0 Å². The summed E-state index contributed by atoms with van der Waals surface area (Å²) >= 11 is 0. The lowest BCUT2D eigenvalue weighted by Gasteiger charge is -2.20. The van der Waals surface area contributed by atoms with E-state index < -0.39 is 17.4 Å². The lowest BCUT2D eigenvalue weighted by Crippen LogP contribution is -2.37. The van der Waals surface area contributed by atoms with E-state index in [9.17, 15) is 9.59 Å². The predicted octanol–water partition coefficient (Wildman–Crippen LogP) is 1.95. The summed E-state index contributed by atoms with van der Waals surface area (Å²) in [5.74, 6) is -1.11. The molecule has 0 aromatic heterocycles. The van der Waals surface area contributed by atoms with Crippen molar-refractivity contribution in [3.8, 4) is 0 Å². The van der Waals surface area contributed by atoms with Gasteiger partial charge in [0.15, 0.2) is 5.41 Å². The smallest absolute Gasteiger partial charge is 0.322 e. The molecule has 0 unspecified atom stereocenters. The van der Waals surface area contributed by atoms with Crippen molar-refractivity contribution in [2.75, 3.05) is 40.6 Å². The highest BCUT2D eigenvalue weighted by Crippen LogP contribution is 2.20. The van der Waals surface area contributed by atoms with Crippen LogP contribution in [0.1, 0.15) is 39.5 Å². The first-order valence-electron chi connectivity index (χ1n) is 7.29. The molecule has 0 atom stereocenters. The van der Waals surface area contributed by atoms with Crippen LogP contribution in [0.5, 0.6) is 0 Å². The Hall–Kier alpha value is -1.14. The monoisotopic (exact) mass is 304 g/mol. The second-order valence-electron chi connectivity index (χ2n) is 5.30. The molecule has 0 spiro atoms. The minimum absolute atomic E-state index is 0.284. The molecule has 0 amide bonds. The van der Waals surface area contributed by atoms with Crippen LogP contribution in [0.3, 0.4) is 0 Å². The fourth-order valence-electron chi connectivity index (χ4n) is 1.47. The SMILES string of the molecule is COCCCCOC(=O)C(C)(C)C(=O)OCCCCOC. The van der Waals surface area contributed by atoms with E-state index in [1.54, 1.807) is 14.2 Å². The largest absolute Gasteiger partial charge is 0.465 e. The third-order valence-corrected chi connectivity index (χ3v) is 2.97. The first kappa shape index (κ1) is 19.9. The van der Waals surface area contributed by atoms with Crippen LogP contribution < -0.4 is 0 Å². The minimum Gasteiger partial charge on any atom is -0.465 e. The second kappa shape index (κ2) is 11.5. The van der Waals surface area contributed by atoms with Crippen molar-refractivity contribution < 1.29 is 28.5 Å².